The number of benzene rings is 2. The van der Waals surface area contributed by atoms with Crippen molar-refractivity contribution in [3.8, 4) is 0 Å². The van der Waals surface area contributed by atoms with Gasteiger partial charge in [0.2, 0.25) is 0 Å². The predicted molar refractivity (Wildman–Crippen MR) is 101 cm³/mol. The summed E-state index contributed by atoms with van der Waals surface area (Å²) in [5.41, 5.74) is 3.86. The SMILES string of the molecule is Cc1ccc2c(COC(=O)C[C@H](C)c3ccccc3)cc(=O)oc2c1C. The lowest BCUT2D eigenvalue weighted by atomic mass is 9.98. The van der Waals surface area contributed by atoms with Crippen LogP contribution < -0.4 is 5.63 Å². The number of rotatable bonds is 5. The normalized spacial score (nSPS) is 12.1. The molecule has 2 aromatic carbocycles. The van der Waals surface area contributed by atoms with E-state index in [9.17, 15) is 9.59 Å². The zero-order valence-corrected chi connectivity index (χ0v) is 15.2. The highest BCUT2D eigenvalue weighted by Crippen LogP contribution is 2.24. The second-order valence-corrected chi connectivity index (χ2v) is 6.65. The highest BCUT2D eigenvalue weighted by atomic mass is 16.5. The summed E-state index contributed by atoms with van der Waals surface area (Å²) in [5.74, 6) is -0.210. The van der Waals surface area contributed by atoms with E-state index in [1.54, 1.807) is 0 Å². The standard InChI is InChI=1S/C22H22O4/c1-14-9-10-19-18(12-21(24)26-22(19)16(14)3)13-25-20(23)11-15(2)17-7-5-4-6-8-17/h4-10,12,15H,11,13H2,1-3H3/t15-/m0/s1. The average molecular weight is 350 g/mol. The van der Waals surface area contributed by atoms with E-state index in [0.29, 0.717) is 17.6 Å². The van der Waals surface area contributed by atoms with Crippen LogP contribution >= 0.6 is 0 Å². The van der Waals surface area contributed by atoms with Gasteiger partial charge in [0.05, 0.1) is 6.42 Å². The smallest absolute Gasteiger partial charge is 0.336 e. The minimum atomic E-state index is -0.435. The fraction of sp³-hybridized carbons (Fsp3) is 0.273. The third-order valence-corrected chi connectivity index (χ3v) is 4.75. The van der Waals surface area contributed by atoms with Crippen molar-refractivity contribution in [1.82, 2.24) is 0 Å². The van der Waals surface area contributed by atoms with E-state index in [2.05, 4.69) is 0 Å². The summed E-state index contributed by atoms with van der Waals surface area (Å²) in [6.45, 7) is 5.94. The zero-order chi connectivity index (χ0) is 18.7. The summed E-state index contributed by atoms with van der Waals surface area (Å²) in [6.07, 6.45) is 0.293. The summed E-state index contributed by atoms with van der Waals surface area (Å²) in [7, 11) is 0. The molecule has 0 saturated heterocycles. The minimum absolute atomic E-state index is 0.0605. The first kappa shape index (κ1) is 17.9. The quantitative estimate of drug-likeness (QED) is 0.496. The van der Waals surface area contributed by atoms with Crippen LogP contribution in [0.4, 0.5) is 0 Å². The highest BCUT2D eigenvalue weighted by Gasteiger charge is 2.14. The number of ether oxygens (including phenoxy) is 1. The molecular formula is C22H22O4. The number of carbonyl (C=O) groups is 1. The van der Waals surface area contributed by atoms with Gasteiger partial charge >= 0.3 is 11.6 Å². The Morgan fingerprint density at radius 1 is 1.12 bits per heavy atom. The van der Waals surface area contributed by atoms with Crippen molar-refractivity contribution in [3.63, 3.8) is 0 Å². The molecule has 0 aliphatic heterocycles. The van der Waals surface area contributed by atoms with Gasteiger partial charge in [-0.25, -0.2) is 4.79 Å². The van der Waals surface area contributed by atoms with Crippen molar-refractivity contribution in [2.75, 3.05) is 0 Å². The minimum Gasteiger partial charge on any atom is -0.461 e. The van der Waals surface area contributed by atoms with Crippen molar-refractivity contribution >= 4 is 16.9 Å². The number of fused-ring (bicyclic) bond motifs is 1. The molecule has 0 fully saturated rings. The largest absolute Gasteiger partial charge is 0.461 e. The van der Waals surface area contributed by atoms with Gasteiger partial charge in [0, 0.05) is 17.0 Å². The molecule has 0 bridgehead atoms. The molecule has 0 amide bonds. The van der Waals surface area contributed by atoms with Gasteiger partial charge in [0.1, 0.15) is 12.2 Å². The van der Waals surface area contributed by atoms with Crippen molar-refractivity contribution in [3.05, 3.63) is 81.2 Å². The summed E-state index contributed by atoms with van der Waals surface area (Å²) in [6, 6.07) is 15.1. The zero-order valence-electron chi connectivity index (χ0n) is 15.2. The van der Waals surface area contributed by atoms with Gasteiger partial charge in [-0.3, -0.25) is 4.79 Å². The molecule has 3 aromatic rings. The van der Waals surface area contributed by atoms with Gasteiger partial charge in [0.15, 0.2) is 0 Å². The molecule has 0 radical (unpaired) electrons. The van der Waals surface area contributed by atoms with E-state index < -0.39 is 5.63 Å². The van der Waals surface area contributed by atoms with E-state index in [1.807, 2.05) is 63.2 Å². The third kappa shape index (κ3) is 3.85. The number of carbonyl (C=O) groups excluding carboxylic acids is 1. The van der Waals surface area contributed by atoms with Crippen molar-refractivity contribution in [2.24, 2.45) is 0 Å². The van der Waals surface area contributed by atoms with Gasteiger partial charge < -0.3 is 9.15 Å². The fourth-order valence-corrected chi connectivity index (χ4v) is 3.01. The number of aryl methyl sites for hydroxylation is 2. The molecule has 0 aliphatic rings. The van der Waals surface area contributed by atoms with E-state index in [1.165, 1.54) is 6.07 Å². The maximum absolute atomic E-state index is 12.2. The number of hydrogen-bond acceptors (Lipinski definition) is 4. The van der Waals surface area contributed by atoms with Crippen LogP contribution in [0.25, 0.3) is 11.0 Å². The Bertz CT molecular complexity index is 986. The van der Waals surface area contributed by atoms with Crippen LogP contribution in [0.5, 0.6) is 0 Å². The lowest BCUT2D eigenvalue weighted by Gasteiger charge is -2.12. The fourth-order valence-electron chi connectivity index (χ4n) is 3.01. The van der Waals surface area contributed by atoms with Crippen molar-refractivity contribution in [1.29, 1.82) is 0 Å². The molecular weight excluding hydrogens is 328 g/mol. The predicted octanol–water partition coefficient (Wildman–Crippen LogP) is 4.65. The van der Waals surface area contributed by atoms with Gasteiger partial charge in [-0.05, 0) is 36.5 Å². The molecule has 0 aliphatic carbocycles. The van der Waals surface area contributed by atoms with Crippen LogP contribution in [0.2, 0.25) is 0 Å². The summed E-state index contributed by atoms with van der Waals surface area (Å²) < 4.78 is 10.8. The Labute approximate surface area is 152 Å². The van der Waals surface area contributed by atoms with Crippen LogP contribution in [0.15, 0.2) is 57.7 Å². The first-order valence-corrected chi connectivity index (χ1v) is 8.69. The molecule has 1 atom stereocenters. The molecule has 134 valence electrons. The van der Waals surface area contributed by atoms with E-state index in [0.717, 1.165) is 22.1 Å². The average Bonchev–Trinajstić information content (AvgIpc) is 2.64. The van der Waals surface area contributed by atoms with E-state index >= 15 is 0 Å². The third-order valence-electron chi connectivity index (χ3n) is 4.75. The van der Waals surface area contributed by atoms with E-state index in [-0.39, 0.29) is 18.5 Å². The summed E-state index contributed by atoms with van der Waals surface area (Å²) >= 11 is 0. The van der Waals surface area contributed by atoms with Crippen LogP contribution in [0.1, 0.15) is 41.5 Å². The molecule has 1 heterocycles. The summed E-state index contributed by atoms with van der Waals surface area (Å²) in [4.78, 5) is 24.1. The molecule has 4 heteroatoms. The van der Waals surface area contributed by atoms with Gasteiger partial charge in [0.25, 0.3) is 0 Å². The Balaban J connectivity index is 1.74. The monoisotopic (exact) mass is 350 g/mol. The van der Waals surface area contributed by atoms with Crippen LogP contribution in [-0.4, -0.2) is 5.97 Å². The van der Waals surface area contributed by atoms with Crippen LogP contribution in [0, 0.1) is 13.8 Å². The second-order valence-electron chi connectivity index (χ2n) is 6.65. The van der Waals surface area contributed by atoms with Gasteiger partial charge in [-0.2, -0.15) is 0 Å². The van der Waals surface area contributed by atoms with Gasteiger partial charge in [-0.1, -0.05) is 49.4 Å². The second kappa shape index (κ2) is 7.56. The van der Waals surface area contributed by atoms with E-state index in [4.69, 9.17) is 9.15 Å². The Morgan fingerprint density at radius 3 is 2.58 bits per heavy atom. The van der Waals surface area contributed by atoms with Crippen LogP contribution in [0.3, 0.4) is 0 Å². The number of esters is 1. The molecule has 3 rings (SSSR count). The molecule has 4 nitrogen and oxygen atoms in total. The lowest BCUT2D eigenvalue weighted by Crippen LogP contribution is -2.10. The van der Waals surface area contributed by atoms with Crippen molar-refractivity contribution in [2.45, 2.75) is 39.7 Å². The molecule has 1 aromatic heterocycles. The van der Waals surface area contributed by atoms with Crippen LogP contribution in [-0.2, 0) is 16.1 Å². The molecule has 0 spiro atoms. The number of hydrogen-bond donors (Lipinski definition) is 0. The molecule has 0 N–H and O–H groups in total. The Hall–Kier alpha value is -2.88. The maximum Gasteiger partial charge on any atom is 0.336 e. The Morgan fingerprint density at radius 2 is 1.85 bits per heavy atom. The molecule has 0 saturated carbocycles. The first-order valence-electron chi connectivity index (χ1n) is 8.69. The maximum atomic E-state index is 12.2. The highest BCUT2D eigenvalue weighted by molar-refractivity contribution is 5.84. The topological polar surface area (TPSA) is 56.5 Å². The molecule has 0 unspecified atom stereocenters. The first-order chi connectivity index (χ1) is 12.5. The van der Waals surface area contributed by atoms with Crippen molar-refractivity contribution < 1.29 is 13.9 Å². The Kier molecular flexibility index (Phi) is 5.21. The summed E-state index contributed by atoms with van der Waals surface area (Å²) in [5, 5.41) is 0.802. The lowest BCUT2D eigenvalue weighted by molar-refractivity contribution is -0.145. The van der Waals surface area contributed by atoms with Gasteiger partial charge in [-0.15, -0.1) is 0 Å². The molecule has 26 heavy (non-hydrogen) atoms.